The van der Waals surface area contributed by atoms with Gasteiger partial charge in [0.05, 0.1) is 6.42 Å². The van der Waals surface area contributed by atoms with Gasteiger partial charge >= 0.3 is 18.0 Å². The first-order valence-electron chi connectivity index (χ1n) is 2.89. The summed E-state index contributed by atoms with van der Waals surface area (Å²) in [4.78, 5) is 22.8. The first kappa shape index (κ1) is 9.43. The van der Waals surface area contributed by atoms with Gasteiger partial charge in [-0.3, -0.25) is 4.79 Å². The molecule has 0 amide bonds. The predicted octanol–water partition coefficient (Wildman–Crippen LogP) is 0.224. The van der Waals surface area contributed by atoms with Crippen LogP contribution in [0.2, 0.25) is 0 Å². The Morgan fingerprint density at radius 1 is 1.45 bits per heavy atom. The van der Waals surface area contributed by atoms with Crippen molar-refractivity contribution in [1.82, 2.24) is 0 Å². The molecule has 0 rings (SSSR count). The van der Waals surface area contributed by atoms with E-state index >= 15 is 0 Å². The minimum atomic E-state index is -1.26. The average Bonchev–Trinajstić information content (AvgIpc) is 1.87. The van der Waals surface area contributed by atoms with Crippen LogP contribution in [0.4, 0.5) is 0 Å². The fraction of sp³-hybridized carbons (Fsp3) is 0.500. The molecule has 5 nitrogen and oxygen atoms in total. The molecule has 1 unspecified atom stereocenters. The Hall–Kier alpha value is -1.57. The van der Waals surface area contributed by atoms with E-state index in [2.05, 4.69) is 4.85 Å². The highest BCUT2D eigenvalue weighted by Crippen LogP contribution is 2.01. The van der Waals surface area contributed by atoms with Gasteiger partial charge in [0.2, 0.25) is 0 Å². The molecule has 1 atom stereocenters. The molecule has 0 aromatic heterocycles. The lowest BCUT2D eigenvalue weighted by Crippen LogP contribution is -2.17. The summed E-state index contributed by atoms with van der Waals surface area (Å²) in [6, 6.07) is -1.22. The number of nitrogens with zero attached hydrogens (tertiary/aromatic N) is 1. The third-order valence-electron chi connectivity index (χ3n) is 1.07. The molecule has 0 radical (unpaired) electrons. The molecule has 60 valence electrons. The molecule has 2 N–H and O–H groups in total. The minimum Gasteiger partial charge on any atom is -0.481 e. The summed E-state index contributed by atoms with van der Waals surface area (Å²) in [5.74, 6) is -2.35. The van der Waals surface area contributed by atoms with E-state index in [0.717, 1.165) is 0 Å². The normalized spacial score (nSPS) is 11.5. The standard InChI is InChI=1S/C6H7NO4/c1-7-4(6(10)11)2-3-5(8)9/h4H,2-3H2,(H,8,9)(H,10,11). The van der Waals surface area contributed by atoms with Gasteiger partial charge in [-0.1, -0.05) is 0 Å². The topological polar surface area (TPSA) is 79.0 Å². The van der Waals surface area contributed by atoms with Crippen LogP contribution in [0.3, 0.4) is 0 Å². The highest BCUT2D eigenvalue weighted by Gasteiger charge is 2.22. The number of aliphatic carboxylic acids is 2. The average molecular weight is 157 g/mol. The molecule has 0 aliphatic rings. The zero-order valence-corrected chi connectivity index (χ0v) is 5.65. The smallest absolute Gasteiger partial charge is 0.387 e. The first-order valence-corrected chi connectivity index (χ1v) is 2.89. The quantitative estimate of drug-likeness (QED) is 0.572. The lowest BCUT2D eigenvalue weighted by molar-refractivity contribution is -0.139. The Kier molecular flexibility index (Phi) is 3.67. The summed E-state index contributed by atoms with van der Waals surface area (Å²) in [6.07, 6.45) is -0.409. The second-order valence-electron chi connectivity index (χ2n) is 1.92. The van der Waals surface area contributed by atoms with E-state index in [1.54, 1.807) is 0 Å². The maximum absolute atomic E-state index is 10.1. The summed E-state index contributed by atoms with van der Waals surface area (Å²) in [6.45, 7) is 6.39. The van der Waals surface area contributed by atoms with Crippen molar-refractivity contribution < 1.29 is 19.8 Å². The number of carbonyl (C=O) groups is 2. The van der Waals surface area contributed by atoms with Crippen molar-refractivity contribution in [3.05, 3.63) is 11.4 Å². The lowest BCUT2D eigenvalue weighted by atomic mass is 10.2. The highest BCUT2D eigenvalue weighted by molar-refractivity contribution is 5.76. The minimum absolute atomic E-state index is 0.131. The van der Waals surface area contributed by atoms with Crippen LogP contribution in [0.5, 0.6) is 0 Å². The van der Waals surface area contributed by atoms with Gasteiger partial charge < -0.3 is 15.1 Å². The number of hydrogen-bond acceptors (Lipinski definition) is 2. The molecule has 0 aromatic rings. The van der Waals surface area contributed by atoms with Crippen molar-refractivity contribution in [2.24, 2.45) is 0 Å². The molecule has 0 aliphatic heterocycles. The number of carboxylic acid groups (broad SMARTS) is 2. The van der Waals surface area contributed by atoms with Gasteiger partial charge in [-0.25, -0.2) is 11.4 Å². The second-order valence-corrected chi connectivity index (χ2v) is 1.92. The van der Waals surface area contributed by atoms with Gasteiger partial charge in [-0.2, -0.15) is 0 Å². The van der Waals surface area contributed by atoms with Gasteiger partial charge in [-0.05, 0) is 0 Å². The first-order chi connectivity index (χ1) is 5.07. The fourth-order valence-electron chi connectivity index (χ4n) is 0.503. The van der Waals surface area contributed by atoms with Crippen molar-refractivity contribution in [2.45, 2.75) is 18.9 Å². The van der Waals surface area contributed by atoms with E-state index in [1.165, 1.54) is 0 Å². The highest BCUT2D eigenvalue weighted by atomic mass is 16.4. The van der Waals surface area contributed by atoms with Gasteiger partial charge in [-0.15, -0.1) is 0 Å². The van der Waals surface area contributed by atoms with E-state index in [4.69, 9.17) is 16.8 Å². The molecule has 0 saturated carbocycles. The Morgan fingerprint density at radius 3 is 2.27 bits per heavy atom. The van der Waals surface area contributed by atoms with Crippen LogP contribution in [0.15, 0.2) is 0 Å². The van der Waals surface area contributed by atoms with Crippen LogP contribution in [0.25, 0.3) is 4.85 Å². The number of carboxylic acids is 2. The number of hydrogen-bond donors (Lipinski definition) is 2. The summed E-state index contributed by atoms with van der Waals surface area (Å²) < 4.78 is 0. The van der Waals surface area contributed by atoms with Crippen molar-refractivity contribution >= 4 is 11.9 Å². The molecule has 0 aliphatic carbocycles. The van der Waals surface area contributed by atoms with Crippen molar-refractivity contribution in [3.8, 4) is 0 Å². The molecule has 0 heterocycles. The summed E-state index contributed by atoms with van der Waals surface area (Å²) >= 11 is 0. The third kappa shape index (κ3) is 3.92. The van der Waals surface area contributed by atoms with Gasteiger partial charge in [0.25, 0.3) is 0 Å². The van der Waals surface area contributed by atoms with E-state index in [0.29, 0.717) is 0 Å². The summed E-state index contributed by atoms with van der Waals surface area (Å²) in [5, 5.41) is 16.4. The van der Waals surface area contributed by atoms with Crippen LogP contribution in [-0.2, 0) is 9.59 Å². The Morgan fingerprint density at radius 2 is 2.00 bits per heavy atom. The van der Waals surface area contributed by atoms with E-state index in [-0.39, 0.29) is 12.8 Å². The van der Waals surface area contributed by atoms with Crippen LogP contribution in [0, 0.1) is 6.57 Å². The number of rotatable bonds is 4. The molecule has 5 heteroatoms. The van der Waals surface area contributed by atoms with Crippen LogP contribution >= 0.6 is 0 Å². The lowest BCUT2D eigenvalue weighted by Gasteiger charge is -1.95. The second kappa shape index (κ2) is 4.28. The zero-order chi connectivity index (χ0) is 8.85. The third-order valence-corrected chi connectivity index (χ3v) is 1.07. The van der Waals surface area contributed by atoms with E-state index in [1.807, 2.05) is 0 Å². The van der Waals surface area contributed by atoms with Crippen molar-refractivity contribution in [2.75, 3.05) is 0 Å². The van der Waals surface area contributed by atoms with Crippen molar-refractivity contribution in [1.29, 1.82) is 0 Å². The maximum Gasteiger partial charge on any atom is 0.387 e. The molecular weight excluding hydrogens is 150 g/mol. The SMILES string of the molecule is [C-]#[N+]C(CCC(=O)O)C(=O)O. The molecule has 0 saturated heterocycles. The van der Waals surface area contributed by atoms with E-state index < -0.39 is 18.0 Å². The van der Waals surface area contributed by atoms with Crippen molar-refractivity contribution in [3.63, 3.8) is 0 Å². The largest absolute Gasteiger partial charge is 0.481 e. The predicted molar refractivity (Wildman–Crippen MR) is 34.9 cm³/mol. The van der Waals surface area contributed by atoms with Crippen LogP contribution in [0.1, 0.15) is 12.8 Å². The molecule has 11 heavy (non-hydrogen) atoms. The maximum atomic E-state index is 10.1. The van der Waals surface area contributed by atoms with Crippen LogP contribution in [-0.4, -0.2) is 28.2 Å². The molecule has 0 fully saturated rings. The van der Waals surface area contributed by atoms with Gasteiger partial charge in [0.15, 0.2) is 0 Å². The Balaban J connectivity index is 3.82. The van der Waals surface area contributed by atoms with Crippen LogP contribution < -0.4 is 0 Å². The molecule has 0 aromatic carbocycles. The Bertz CT molecular complexity index is 205. The van der Waals surface area contributed by atoms with Gasteiger partial charge in [0, 0.05) is 6.42 Å². The monoisotopic (exact) mass is 157 g/mol. The summed E-state index contributed by atoms with van der Waals surface area (Å²) in [7, 11) is 0. The fourth-order valence-corrected chi connectivity index (χ4v) is 0.503. The van der Waals surface area contributed by atoms with E-state index in [9.17, 15) is 9.59 Å². The zero-order valence-electron chi connectivity index (χ0n) is 5.65. The Labute approximate surface area is 63.1 Å². The summed E-state index contributed by atoms with van der Waals surface area (Å²) in [5.41, 5.74) is 0. The molecule has 0 spiro atoms. The molecular formula is C6H7NO4. The van der Waals surface area contributed by atoms with Gasteiger partial charge in [0.1, 0.15) is 0 Å². The molecule has 0 bridgehead atoms.